The SMILES string of the molecule is CC(C)(C)OC(=O)Nc1ccn([C@@H]2O[C@H](CO)CC2(F)F)c(=O)n1. The predicted molar refractivity (Wildman–Crippen MR) is 78.9 cm³/mol. The standard InChI is InChI=1S/C14H19F2N3O5/c1-13(2,3)24-12(22)18-9-4-5-19(11(21)17-9)10-14(15,16)6-8(7-20)23-10/h4-5,8,10,20H,6-7H2,1-3H3,(H,17,18,21,22)/t8-,10+/m0/s1. The minimum absolute atomic E-state index is 0.134. The molecule has 0 spiro atoms. The molecule has 0 saturated carbocycles. The number of aliphatic hydroxyl groups is 1. The van der Waals surface area contributed by atoms with Gasteiger partial charge in [0.25, 0.3) is 5.92 Å². The number of aliphatic hydroxyl groups excluding tert-OH is 1. The van der Waals surface area contributed by atoms with Gasteiger partial charge in [0.2, 0.25) is 6.23 Å². The summed E-state index contributed by atoms with van der Waals surface area (Å²) in [4.78, 5) is 27.1. The van der Waals surface area contributed by atoms with Crippen LogP contribution >= 0.6 is 0 Å². The van der Waals surface area contributed by atoms with Crippen molar-refractivity contribution in [3.63, 3.8) is 0 Å². The zero-order valence-corrected chi connectivity index (χ0v) is 13.5. The van der Waals surface area contributed by atoms with E-state index < -0.39 is 48.7 Å². The Kier molecular flexibility index (Phi) is 4.90. The van der Waals surface area contributed by atoms with E-state index in [9.17, 15) is 18.4 Å². The molecule has 1 aromatic heterocycles. The fourth-order valence-electron chi connectivity index (χ4n) is 2.18. The van der Waals surface area contributed by atoms with Gasteiger partial charge < -0.3 is 14.6 Å². The van der Waals surface area contributed by atoms with Crippen molar-refractivity contribution in [3.05, 3.63) is 22.7 Å². The van der Waals surface area contributed by atoms with Crippen LogP contribution in [0.2, 0.25) is 0 Å². The number of aromatic nitrogens is 2. The topological polar surface area (TPSA) is 103 Å². The number of anilines is 1. The fourth-order valence-corrected chi connectivity index (χ4v) is 2.18. The molecule has 1 amide bonds. The molecule has 1 saturated heterocycles. The lowest BCUT2D eigenvalue weighted by molar-refractivity contribution is -0.120. The summed E-state index contributed by atoms with van der Waals surface area (Å²) in [5, 5.41) is 11.2. The van der Waals surface area contributed by atoms with Crippen LogP contribution in [-0.2, 0) is 9.47 Å². The highest BCUT2D eigenvalue weighted by Crippen LogP contribution is 2.41. The molecule has 2 rings (SSSR count). The van der Waals surface area contributed by atoms with Crippen LogP contribution in [0.4, 0.5) is 19.4 Å². The first-order chi connectivity index (χ1) is 11.0. The quantitative estimate of drug-likeness (QED) is 0.859. The molecule has 0 radical (unpaired) electrons. The fraction of sp³-hybridized carbons (Fsp3) is 0.643. The van der Waals surface area contributed by atoms with E-state index in [0.29, 0.717) is 4.57 Å². The highest BCUT2D eigenvalue weighted by Gasteiger charge is 2.51. The molecule has 0 unspecified atom stereocenters. The van der Waals surface area contributed by atoms with Crippen LogP contribution in [0.3, 0.4) is 0 Å². The predicted octanol–water partition coefficient (Wildman–Crippen LogP) is 1.51. The Labute approximate surface area is 136 Å². The van der Waals surface area contributed by atoms with Crippen molar-refractivity contribution in [2.75, 3.05) is 11.9 Å². The second kappa shape index (κ2) is 6.44. The summed E-state index contributed by atoms with van der Waals surface area (Å²) >= 11 is 0. The molecule has 0 aliphatic carbocycles. The Morgan fingerprint density at radius 1 is 1.58 bits per heavy atom. The van der Waals surface area contributed by atoms with Crippen molar-refractivity contribution < 1.29 is 28.2 Å². The number of rotatable bonds is 3. The molecule has 2 N–H and O–H groups in total. The molecule has 8 nitrogen and oxygen atoms in total. The van der Waals surface area contributed by atoms with Crippen molar-refractivity contribution in [3.8, 4) is 0 Å². The average molecular weight is 347 g/mol. The van der Waals surface area contributed by atoms with E-state index in [1.165, 1.54) is 6.07 Å². The number of hydrogen-bond donors (Lipinski definition) is 2. The lowest BCUT2D eigenvalue weighted by Crippen LogP contribution is -2.35. The molecule has 1 aliphatic heterocycles. The van der Waals surface area contributed by atoms with Gasteiger partial charge in [-0.25, -0.2) is 18.4 Å². The van der Waals surface area contributed by atoms with E-state index >= 15 is 0 Å². The van der Waals surface area contributed by atoms with Gasteiger partial charge >= 0.3 is 11.8 Å². The first kappa shape index (κ1) is 18.3. The first-order valence-corrected chi connectivity index (χ1v) is 7.25. The van der Waals surface area contributed by atoms with Crippen molar-refractivity contribution in [1.29, 1.82) is 0 Å². The number of alkyl halides is 2. The monoisotopic (exact) mass is 347 g/mol. The summed E-state index contributed by atoms with van der Waals surface area (Å²) in [6, 6.07) is 1.18. The van der Waals surface area contributed by atoms with Crippen molar-refractivity contribution in [2.45, 2.75) is 51.0 Å². The summed E-state index contributed by atoms with van der Waals surface area (Å²) in [5.74, 6) is -3.45. The van der Waals surface area contributed by atoms with E-state index in [1.807, 2.05) is 0 Å². The van der Waals surface area contributed by atoms with Gasteiger partial charge in [0.05, 0.1) is 12.7 Å². The third-order valence-electron chi connectivity index (χ3n) is 3.10. The van der Waals surface area contributed by atoms with Gasteiger partial charge in [0, 0.05) is 12.6 Å². The minimum Gasteiger partial charge on any atom is -0.444 e. The van der Waals surface area contributed by atoms with Gasteiger partial charge in [0.15, 0.2) is 0 Å². The summed E-state index contributed by atoms with van der Waals surface area (Å²) in [6.07, 6.45) is -3.39. The molecule has 1 aromatic rings. The van der Waals surface area contributed by atoms with Gasteiger partial charge in [-0.3, -0.25) is 9.88 Å². The largest absolute Gasteiger partial charge is 0.444 e. The number of hydrogen-bond acceptors (Lipinski definition) is 6. The lowest BCUT2D eigenvalue weighted by Gasteiger charge is -2.21. The third kappa shape index (κ3) is 4.26. The van der Waals surface area contributed by atoms with Crippen LogP contribution in [0, 0.1) is 0 Å². The van der Waals surface area contributed by atoms with Crippen LogP contribution in [0.1, 0.15) is 33.4 Å². The zero-order valence-electron chi connectivity index (χ0n) is 13.5. The molecular formula is C14H19F2N3O5. The van der Waals surface area contributed by atoms with Gasteiger partial charge in [-0.05, 0) is 26.8 Å². The first-order valence-electron chi connectivity index (χ1n) is 7.25. The molecule has 2 atom stereocenters. The van der Waals surface area contributed by atoms with E-state index in [1.54, 1.807) is 20.8 Å². The smallest absolute Gasteiger partial charge is 0.413 e. The van der Waals surface area contributed by atoms with Crippen LogP contribution in [0.25, 0.3) is 0 Å². The molecule has 1 fully saturated rings. The van der Waals surface area contributed by atoms with Gasteiger partial charge in [-0.1, -0.05) is 0 Å². The van der Waals surface area contributed by atoms with Crippen LogP contribution in [-0.4, -0.2) is 45.0 Å². The second-order valence-electron chi connectivity index (χ2n) is 6.39. The summed E-state index contributed by atoms with van der Waals surface area (Å²) in [5.41, 5.74) is -1.76. The van der Waals surface area contributed by atoms with E-state index in [-0.39, 0.29) is 5.82 Å². The maximum absolute atomic E-state index is 13.9. The maximum atomic E-state index is 13.9. The molecule has 2 heterocycles. The Morgan fingerprint density at radius 2 is 2.25 bits per heavy atom. The highest BCUT2D eigenvalue weighted by molar-refractivity contribution is 5.83. The van der Waals surface area contributed by atoms with E-state index in [0.717, 1.165) is 6.20 Å². The number of nitrogens with one attached hydrogen (secondary N) is 1. The maximum Gasteiger partial charge on any atom is 0.413 e. The Bertz CT molecular complexity index is 671. The van der Waals surface area contributed by atoms with E-state index in [4.69, 9.17) is 14.6 Å². The number of amides is 1. The molecule has 10 heteroatoms. The number of carbonyl (C=O) groups is 1. The van der Waals surface area contributed by atoms with Crippen molar-refractivity contribution in [2.24, 2.45) is 0 Å². The van der Waals surface area contributed by atoms with Crippen LogP contribution < -0.4 is 11.0 Å². The molecule has 0 aromatic carbocycles. The third-order valence-corrected chi connectivity index (χ3v) is 3.10. The second-order valence-corrected chi connectivity index (χ2v) is 6.39. The number of halogens is 2. The lowest BCUT2D eigenvalue weighted by atomic mass is 10.2. The van der Waals surface area contributed by atoms with Crippen molar-refractivity contribution >= 4 is 11.9 Å². The number of nitrogens with zero attached hydrogens (tertiary/aromatic N) is 2. The van der Waals surface area contributed by atoms with Gasteiger partial charge in [0.1, 0.15) is 11.4 Å². The molecule has 24 heavy (non-hydrogen) atoms. The molecular weight excluding hydrogens is 328 g/mol. The Balaban J connectivity index is 2.16. The molecule has 1 aliphatic rings. The van der Waals surface area contributed by atoms with E-state index in [2.05, 4.69) is 10.3 Å². The summed E-state index contributed by atoms with van der Waals surface area (Å²) < 4.78 is 38.4. The minimum atomic E-state index is -3.32. The average Bonchev–Trinajstić information content (AvgIpc) is 2.72. The summed E-state index contributed by atoms with van der Waals surface area (Å²) in [7, 11) is 0. The number of ether oxygens (including phenoxy) is 2. The van der Waals surface area contributed by atoms with Crippen molar-refractivity contribution in [1.82, 2.24) is 9.55 Å². The summed E-state index contributed by atoms with van der Waals surface area (Å²) in [6.45, 7) is 4.41. The molecule has 0 bridgehead atoms. The highest BCUT2D eigenvalue weighted by atomic mass is 19.3. The molecule has 134 valence electrons. The van der Waals surface area contributed by atoms with Crippen LogP contribution in [0.15, 0.2) is 17.1 Å². The Hall–Kier alpha value is -2.07. The number of carbonyl (C=O) groups excluding carboxylic acids is 1. The normalized spacial score (nSPS) is 23.1. The Morgan fingerprint density at radius 3 is 2.75 bits per heavy atom. The van der Waals surface area contributed by atoms with Gasteiger partial charge in [-0.15, -0.1) is 0 Å². The van der Waals surface area contributed by atoms with Crippen LogP contribution in [0.5, 0.6) is 0 Å². The zero-order chi connectivity index (χ0) is 18.1. The van der Waals surface area contributed by atoms with Gasteiger partial charge in [-0.2, -0.15) is 4.98 Å².